The van der Waals surface area contributed by atoms with Gasteiger partial charge in [-0.1, -0.05) is 12.1 Å². The molecule has 1 N–H and O–H groups in total. The van der Waals surface area contributed by atoms with Gasteiger partial charge in [0.15, 0.2) is 0 Å². The highest BCUT2D eigenvalue weighted by atomic mass is 32.2. The molecule has 0 unspecified atom stereocenters. The van der Waals surface area contributed by atoms with Crippen LogP contribution in [0, 0.1) is 0 Å². The van der Waals surface area contributed by atoms with Gasteiger partial charge < -0.3 is 10.2 Å². The Morgan fingerprint density at radius 1 is 0.917 bits per heavy atom. The number of aromatic nitrogens is 1. The fourth-order valence-corrected chi connectivity index (χ4v) is 5.84. The fraction of sp³-hybridized carbons (Fsp3) is 0.250. The normalized spacial score (nSPS) is 14.9. The molecule has 0 radical (unpaired) electrons. The van der Waals surface area contributed by atoms with Crippen molar-refractivity contribution in [2.75, 3.05) is 54.0 Å². The van der Waals surface area contributed by atoms with E-state index >= 15 is 0 Å². The van der Waals surface area contributed by atoms with Crippen molar-refractivity contribution >= 4 is 43.0 Å². The number of amides is 1. The molecule has 1 saturated heterocycles. The van der Waals surface area contributed by atoms with Crippen LogP contribution in [0.25, 0.3) is 0 Å². The molecule has 4 rings (SSSR count). The number of benzene rings is 2. The minimum Gasteiger partial charge on any atom is -0.368 e. The maximum Gasteiger partial charge on any atom is 0.257 e. The molecule has 1 fully saturated rings. The molecule has 0 saturated carbocycles. The van der Waals surface area contributed by atoms with Crippen LogP contribution in [0.2, 0.25) is 0 Å². The van der Waals surface area contributed by atoms with Gasteiger partial charge in [0.25, 0.3) is 5.91 Å². The maximum atomic E-state index is 13.1. The number of rotatable bonds is 7. The lowest BCUT2D eigenvalue weighted by atomic mass is 10.1. The Labute approximate surface area is 211 Å². The largest absolute Gasteiger partial charge is 0.368 e. The van der Waals surface area contributed by atoms with Gasteiger partial charge in [-0.05, 0) is 48.5 Å². The van der Waals surface area contributed by atoms with E-state index in [1.807, 2.05) is 12.1 Å². The first-order valence-corrected chi connectivity index (χ1v) is 14.5. The molecule has 3 aromatic rings. The molecule has 1 aliphatic rings. The van der Waals surface area contributed by atoms with Gasteiger partial charge in [-0.15, -0.1) is 0 Å². The SMILES string of the molecule is CN(c1ccccc1C(=O)Nc1ccc(S(=O)(=O)N2CCN(c3cccnc3)CC2)cc1)S(C)(=O)=O. The Kier molecular flexibility index (Phi) is 7.29. The van der Waals surface area contributed by atoms with Crippen molar-refractivity contribution in [1.82, 2.24) is 9.29 Å². The first kappa shape index (κ1) is 25.6. The Bertz CT molecular complexity index is 1440. The average molecular weight is 530 g/mol. The summed E-state index contributed by atoms with van der Waals surface area (Å²) in [6, 6.07) is 16.1. The summed E-state index contributed by atoms with van der Waals surface area (Å²) in [4.78, 5) is 19.2. The minimum atomic E-state index is -3.69. The van der Waals surface area contributed by atoms with Gasteiger partial charge in [0.05, 0.1) is 34.3 Å². The van der Waals surface area contributed by atoms with Crippen LogP contribution in [-0.2, 0) is 20.0 Å². The van der Waals surface area contributed by atoms with E-state index in [1.54, 1.807) is 30.6 Å². The van der Waals surface area contributed by atoms with Crippen molar-refractivity contribution in [1.29, 1.82) is 0 Å². The van der Waals surface area contributed by atoms with E-state index < -0.39 is 26.0 Å². The summed E-state index contributed by atoms with van der Waals surface area (Å²) in [5.74, 6) is -0.511. The van der Waals surface area contributed by atoms with Gasteiger partial charge in [-0.2, -0.15) is 4.31 Å². The smallest absolute Gasteiger partial charge is 0.257 e. The molecular weight excluding hydrogens is 502 g/mol. The molecular formula is C24H27N5O5S2. The minimum absolute atomic E-state index is 0.132. The third-order valence-corrected chi connectivity index (χ3v) is 9.09. The Hall–Kier alpha value is -3.48. The molecule has 0 aliphatic carbocycles. The average Bonchev–Trinajstić information content (AvgIpc) is 2.88. The van der Waals surface area contributed by atoms with Crippen LogP contribution in [0.4, 0.5) is 17.1 Å². The van der Waals surface area contributed by atoms with Crippen LogP contribution in [-0.4, -0.2) is 71.5 Å². The van der Waals surface area contributed by atoms with Crippen molar-refractivity contribution in [3.8, 4) is 0 Å². The van der Waals surface area contributed by atoms with Crippen molar-refractivity contribution in [2.24, 2.45) is 0 Å². The van der Waals surface area contributed by atoms with Crippen LogP contribution in [0.15, 0.2) is 78.0 Å². The number of carbonyl (C=O) groups is 1. The second kappa shape index (κ2) is 10.2. The van der Waals surface area contributed by atoms with Gasteiger partial charge >= 0.3 is 0 Å². The first-order chi connectivity index (χ1) is 17.1. The lowest BCUT2D eigenvalue weighted by Crippen LogP contribution is -2.48. The zero-order valence-electron chi connectivity index (χ0n) is 19.9. The summed E-state index contributed by atoms with van der Waals surface area (Å²) in [7, 11) is -5.88. The van der Waals surface area contributed by atoms with Gasteiger partial charge in [0, 0.05) is 45.1 Å². The molecule has 12 heteroatoms. The van der Waals surface area contributed by atoms with E-state index in [-0.39, 0.29) is 16.1 Å². The lowest BCUT2D eigenvalue weighted by Gasteiger charge is -2.35. The van der Waals surface area contributed by atoms with Crippen LogP contribution < -0.4 is 14.5 Å². The number of anilines is 3. The van der Waals surface area contributed by atoms with E-state index in [0.717, 1.165) is 16.2 Å². The second-order valence-electron chi connectivity index (χ2n) is 8.33. The predicted molar refractivity (Wildman–Crippen MR) is 139 cm³/mol. The number of pyridine rings is 1. The Balaban J connectivity index is 1.44. The molecule has 1 aromatic heterocycles. The van der Waals surface area contributed by atoms with E-state index in [2.05, 4.69) is 15.2 Å². The summed E-state index contributed by atoms with van der Waals surface area (Å²) in [5, 5.41) is 2.71. The number of nitrogens with one attached hydrogen (secondary N) is 1. The monoisotopic (exact) mass is 529 g/mol. The lowest BCUT2D eigenvalue weighted by molar-refractivity contribution is 0.102. The molecule has 36 heavy (non-hydrogen) atoms. The molecule has 1 amide bonds. The molecule has 10 nitrogen and oxygen atoms in total. The second-order valence-corrected chi connectivity index (χ2v) is 12.3. The summed E-state index contributed by atoms with van der Waals surface area (Å²) in [6.07, 6.45) is 4.51. The van der Waals surface area contributed by atoms with E-state index in [0.29, 0.717) is 31.9 Å². The Morgan fingerprint density at radius 3 is 2.19 bits per heavy atom. The third kappa shape index (κ3) is 5.50. The molecule has 2 heterocycles. The summed E-state index contributed by atoms with van der Waals surface area (Å²) in [6.45, 7) is 1.81. The molecule has 0 bridgehead atoms. The Morgan fingerprint density at radius 2 is 1.58 bits per heavy atom. The van der Waals surface area contributed by atoms with Gasteiger partial charge in [-0.25, -0.2) is 16.8 Å². The van der Waals surface area contributed by atoms with Gasteiger partial charge in [0.1, 0.15) is 0 Å². The van der Waals surface area contributed by atoms with E-state index in [9.17, 15) is 21.6 Å². The van der Waals surface area contributed by atoms with Crippen molar-refractivity contribution in [3.63, 3.8) is 0 Å². The highest BCUT2D eigenvalue weighted by molar-refractivity contribution is 7.92. The maximum absolute atomic E-state index is 13.1. The molecule has 1 aliphatic heterocycles. The van der Waals surface area contributed by atoms with Gasteiger partial charge in [0.2, 0.25) is 20.0 Å². The van der Waals surface area contributed by atoms with Crippen molar-refractivity contribution in [2.45, 2.75) is 4.90 Å². The van der Waals surface area contributed by atoms with Gasteiger partial charge in [-0.3, -0.25) is 14.1 Å². The summed E-state index contributed by atoms with van der Waals surface area (Å²) < 4.78 is 52.7. The number of nitrogens with zero attached hydrogens (tertiary/aromatic N) is 4. The fourth-order valence-electron chi connectivity index (χ4n) is 3.90. The standard InChI is InChI=1S/C24H27N5O5S2/c1-27(35(2,31)32)23-8-4-3-7-22(23)24(30)26-19-9-11-21(12-10-19)36(33,34)29-16-14-28(15-17-29)20-6-5-13-25-18-20/h3-13,18H,14-17H2,1-2H3,(H,26,30). The van der Waals surface area contributed by atoms with E-state index in [1.165, 1.54) is 41.7 Å². The highest BCUT2D eigenvalue weighted by Crippen LogP contribution is 2.25. The van der Waals surface area contributed by atoms with Crippen molar-refractivity contribution in [3.05, 3.63) is 78.6 Å². The predicted octanol–water partition coefficient (Wildman–Crippen LogP) is 2.24. The number of carbonyl (C=O) groups excluding carboxylic acids is 1. The first-order valence-electron chi connectivity index (χ1n) is 11.2. The van der Waals surface area contributed by atoms with Crippen molar-refractivity contribution < 1.29 is 21.6 Å². The van der Waals surface area contributed by atoms with E-state index in [4.69, 9.17) is 0 Å². The number of sulfonamides is 2. The number of hydrogen-bond acceptors (Lipinski definition) is 7. The number of para-hydroxylation sites is 1. The van der Waals surface area contributed by atoms with Crippen LogP contribution >= 0.6 is 0 Å². The molecule has 2 aromatic carbocycles. The zero-order chi connectivity index (χ0) is 25.9. The molecule has 0 spiro atoms. The highest BCUT2D eigenvalue weighted by Gasteiger charge is 2.28. The number of hydrogen-bond donors (Lipinski definition) is 1. The summed E-state index contributed by atoms with van der Waals surface area (Å²) in [5.41, 5.74) is 1.76. The molecule has 190 valence electrons. The summed E-state index contributed by atoms with van der Waals surface area (Å²) >= 11 is 0. The topological polar surface area (TPSA) is 120 Å². The van der Waals surface area contributed by atoms with Crippen LogP contribution in [0.1, 0.15) is 10.4 Å². The zero-order valence-corrected chi connectivity index (χ0v) is 21.5. The quantitative estimate of drug-likeness (QED) is 0.498. The number of piperazine rings is 1. The molecule has 0 atom stereocenters. The third-order valence-electron chi connectivity index (χ3n) is 5.99. The van der Waals surface area contributed by atoms with Crippen LogP contribution in [0.5, 0.6) is 0 Å². The van der Waals surface area contributed by atoms with Crippen LogP contribution in [0.3, 0.4) is 0 Å².